The molecule has 1 N–H and O–H groups in total. The highest BCUT2D eigenvalue weighted by Crippen LogP contribution is 2.12. The first-order valence-electron chi connectivity index (χ1n) is 7.34. The molecule has 1 aromatic carbocycles. The predicted octanol–water partition coefficient (Wildman–Crippen LogP) is 3.15. The Labute approximate surface area is 122 Å². The maximum Gasteiger partial charge on any atom is 0.0641 e. The lowest BCUT2D eigenvalue weighted by molar-refractivity contribution is 0.512. The Morgan fingerprint density at radius 1 is 1.20 bits per heavy atom. The quantitative estimate of drug-likeness (QED) is 0.874. The van der Waals surface area contributed by atoms with Crippen molar-refractivity contribution in [2.24, 2.45) is 7.05 Å². The van der Waals surface area contributed by atoms with E-state index < -0.39 is 0 Å². The first-order chi connectivity index (χ1) is 9.58. The Morgan fingerprint density at radius 2 is 1.90 bits per heavy atom. The number of nitrogens with one attached hydrogen (secondary N) is 1. The van der Waals surface area contributed by atoms with Crippen LogP contribution in [0.15, 0.2) is 30.3 Å². The highest BCUT2D eigenvalue weighted by molar-refractivity contribution is 5.24. The van der Waals surface area contributed by atoms with Crippen LogP contribution >= 0.6 is 0 Å². The second-order valence-corrected chi connectivity index (χ2v) is 5.58. The average molecular weight is 271 g/mol. The third-order valence-electron chi connectivity index (χ3n) is 4.00. The Balaban J connectivity index is 1.82. The fraction of sp³-hybridized carbons (Fsp3) is 0.471. The lowest BCUT2D eigenvalue weighted by Crippen LogP contribution is -2.26. The van der Waals surface area contributed by atoms with E-state index in [1.807, 2.05) is 11.7 Å². The van der Waals surface area contributed by atoms with E-state index in [-0.39, 0.29) is 0 Å². The van der Waals surface area contributed by atoms with Crippen LogP contribution in [-0.2, 0) is 20.0 Å². The molecule has 0 aliphatic carbocycles. The van der Waals surface area contributed by atoms with E-state index >= 15 is 0 Å². The molecule has 0 radical (unpaired) electrons. The van der Waals surface area contributed by atoms with Crippen LogP contribution in [0.1, 0.15) is 35.9 Å². The van der Waals surface area contributed by atoms with Crippen LogP contribution in [-0.4, -0.2) is 15.8 Å². The van der Waals surface area contributed by atoms with Gasteiger partial charge in [-0.05, 0) is 39.2 Å². The molecule has 1 unspecified atom stereocenters. The molecule has 20 heavy (non-hydrogen) atoms. The van der Waals surface area contributed by atoms with Crippen LogP contribution in [0.25, 0.3) is 0 Å². The van der Waals surface area contributed by atoms with Gasteiger partial charge in [-0.1, -0.05) is 30.3 Å². The predicted molar refractivity (Wildman–Crippen MR) is 83.7 cm³/mol. The minimum Gasteiger partial charge on any atom is -0.310 e. The Bertz CT molecular complexity index is 543. The van der Waals surface area contributed by atoms with Crippen LogP contribution in [0, 0.1) is 13.8 Å². The van der Waals surface area contributed by atoms with E-state index in [1.165, 1.54) is 16.8 Å². The summed E-state index contributed by atoms with van der Waals surface area (Å²) in [6.07, 6.45) is 2.28. The molecule has 0 fully saturated rings. The zero-order chi connectivity index (χ0) is 14.5. The Morgan fingerprint density at radius 3 is 2.50 bits per heavy atom. The maximum atomic E-state index is 4.46. The summed E-state index contributed by atoms with van der Waals surface area (Å²) in [6.45, 7) is 7.37. The van der Waals surface area contributed by atoms with Crippen LogP contribution in [0.2, 0.25) is 0 Å². The number of hydrogen-bond acceptors (Lipinski definition) is 2. The molecule has 1 heterocycles. The summed E-state index contributed by atoms with van der Waals surface area (Å²) in [5, 5.41) is 8.07. The van der Waals surface area contributed by atoms with E-state index in [0.717, 1.165) is 25.1 Å². The third kappa shape index (κ3) is 3.70. The normalized spacial score (nSPS) is 12.6. The van der Waals surface area contributed by atoms with Crippen LogP contribution in [0.3, 0.4) is 0 Å². The van der Waals surface area contributed by atoms with Gasteiger partial charge in [0.1, 0.15) is 0 Å². The van der Waals surface area contributed by atoms with Crippen molar-refractivity contribution in [1.29, 1.82) is 0 Å². The molecule has 0 spiro atoms. The molecule has 108 valence electrons. The smallest absolute Gasteiger partial charge is 0.0641 e. The van der Waals surface area contributed by atoms with Crippen LogP contribution in [0.4, 0.5) is 0 Å². The SMILES string of the molecule is Cc1nn(C)c(C)c1CNC(C)CCc1ccccc1. The average Bonchev–Trinajstić information content (AvgIpc) is 2.69. The maximum absolute atomic E-state index is 4.46. The number of rotatable bonds is 6. The Kier molecular flexibility index (Phi) is 4.96. The monoisotopic (exact) mass is 271 g/mol. The molecule has 3 heteroatoms. The summed E-state index contributed by atoms with van der Waals surface area (Å²) < 4.78 is 1.96. The first-order valence-corrected chi connectivity index (χ1v) is 7.34. The topological polar surface area (TPSA) is 29.9 Å². The van der Waals surface area contributed by atoms with Crippen molar-refractivity contribution in [2.45, 2.75) is 46.2 Å². The number of benzene rings is 1. The minimum absolute atomic E-state index is 0.509. The van der Waals surface area contributed by atoms with Gasteiger partial charge in [-0.3, -0.25) is 4.68 Å². The van der Waals surface area contributed by atoms with Gasteiger partial charge in [-0.15, -0.1) is 0 Å². The molecule has 0 amide bonds. The van der Waals surface area contributed by atoms with Gasteiger partial charge in [0.05, 0.1) is 5.69 Å². The first kappa shape index (κ1) is 14.8. The van der Waals surface area contributed by atoms with Gasteiger partial charge < -0.3 is 5.32 Å². The molecule has 0 aliphatic rings. The summed E-state index contributed by atoms with van der Waals surface area (Å²) in [4.78, 5) is 0. The second kappa shape index (κ2) is 6.71. The summed E-state index contributed by atoms with van der Waals surface area (Å²) in [5.41, 5.74) is 5.13. The number of aryl methyl sites for hydroxylation is 3. The molecule has 0 saturated carbocycles. The minimum atomic E-state index is 0.509. The van der Waals surface area contributed by atoms with Crippen molar-refractivity contribution in [3.63, 3.8) is 0 Å². The largest absolute Gasteiger partial charge is 0.310 e. The van der Waals surface area contributed by atoms with Crippen molar-refractivity contribution in [3.8, 4) is 0 Å². The standard InChI is InChI=1S/C17H25N3/c1-13(10-11-16-8-6-5-7-9-16)18-12-17-14(2)19-20(4)15(17)3/h5-9,13,18H,10-12H2,1-4H3. The van der Waals surface area contributed by atoms with Crippen molar-refractivity contribution in [2.75, 3.05) is 0 Å². The molecule has 0 saturated heterocycles. The van der Waals surface area contributed by atoms with Crippen molar-refractivity contribution in [1.82, 2.24) is 15.1 Å². The molecule has 1 aromatic heterocycles. The summed E-state index contributed by atoms with van der Waals surface area (Å²) in [6, 6.07) is 11.2. The highest BCUT2D eigenvalue weighted by atomic mass is 15.3. The van der Waals surface area contributed by atoms with E-state index in [9.17, 15) is 0 Å². The number of nitrogens with zero attached hydrogens (tertiary/aromatic N) is 2. The third-order valence-corrected chi connectivity index (χ3v) is 4.00. The molecule has 0 aliphatic heterocycles. The number of aromatic nitrogens is 2. The van der Waals surface area contributed by atoms with Crippen LogP contribution < -0.4 is 5.32 Å². The molecule has 3 nitrogen and oxygen atoms in total. The van der Waals surface area contributed by atoms with Gasteiger partial charge >= 0.3 is 0 Å². The molecular weight excluding hydrogens is 246 g/mol. The van der Waals surface area contributed by atoms with E-state index in [1.54, 1.807) is 0 Å². The molecule has 1 atom stereocenters. The zero-order valence-corrected chi connectivity index (χ0v) is 13.0. The summed E-state index contributed by atoms with van der Waals surface area (Å²) >= 11 is 0. The molecule has 2 aromatic rings. The van der Waals surface area contributed by atoms with Gasteiger partial charge in [-0.25, -0.2) is 0 Å². The summed E-state index contributed by atoms with van der Waals surface area (Å²) in [7, 11) is 2.00. The van der Waals surface area contributed by atoms with E-state index in [2.05, 4.69) is 61.5 Å². The van der Waals surface area contributed by atoms with E-state index in [4.69, 9.17) is 0 Å². The summed E-state index contributed by atoms with van der Waals surface area (Å²) in [5.74, 6) is 0. The van der Waals surface area contributed by atoms with Crippen molar-refractivity contribution in [3.05, 3.63) is 52.8 Å². The number of hydrogen-bond donors (Lipinski definition) is 1. The van der Waals surface area contributed by atoms with Crippen molar-refractivity contribution < 1.29 is 0 Å². The van der Waals surface area contributed by atoms with Crippen molar-refractivity contribution >= 4 is 0 Å². The highest BCUT2D eigenvalue weighted by Gasteiger charge is 2.10. The van der Waals surface area contributed by atoms with E-state index in [0.29, 0.717) is 6.04 Å². The lowest BCUT2D eigenvalue weighted by atomic mass is 10.1. The van der Waals surface area contributed by atoms with Crippen LogP contribution in [0.5, 0.6) is 0 Å². The van der Waals surface area contributed by atoms with Gasteiger partial charge in [0.25, 0.3) is 0 Å². The lowest BCUT2D eigenvalue weighted by Gasteiger charge is -2.14. The van der Waals surface area contributed by atoms with Gasteiger partial charge in [-0.2, -0.15) is 5.10 Å². The zero-order valence-electron chi connectivity index (χ0n) is 13.0. The molecule has 2 rings (SSSR count). The van der Waals surface area contributed by atoms with Gasteiger partial charge in [0, 0.05) is 30.9 Å². The fourth-order valence-electron chi connectivity index (χ4n) is 2.48. The molecule has 0 bridgehead atoms. The van der Waals surface area contributed by atoms with Gasteiger partial charge in [0.2, 0.25) is 0 Å². The Hall–Kier alpha value is -1.61. The fourth-order valence-corrected chi connectivity index (χ4v) is 2.48. The van der Waals surface area contributed by atoms with Gasteiger partial charge in [0.15, 0.2) is 0 Å². The second-order valence-electron chi connectivity index (χ2n) is 5.58. The molecular formula is C17H25N3.